The van der Waals surface area contributed by atoms with Gasteiger partial charge in [0.15, 0.2) is 11.4 Å². The maximum Gasteiger partial charge on any atom is 0.269 e. The fraction of sp³-hybridized carbons (Fsp3) is 0.296. The van der Waals surface area contributed by atoms with E-state index in [1.165, 1.54) is 16.7 Å². The van der Waals surface area contributed by atoms with Crippen LogP contribution < -0.4 is 5.32 Å². The molecule has 4 aromatic rings. The van der Waals surface area contributed by atoms with E-state index in [2.05, 4.69) is 15.3 Å². The summed E-state index contributed by atoms with van der Waals surface area (Å²) >= 11 is 0. The number of hydrogen-bond acceptors (Lipinski definition) is 8. The smallest absolute Gasteiger partial charge is 0.269 e. The van der Waals surface area contributed by atoms with E-state index in [4.69, 9.17) is 0 Å². The third-order valence-electron chi connectivity index (χ3n) is 6.95. The lowest BCUT2D eigenvalue weighted by Gasteiger charge is -2.30. The highest BCUT2D eigenvalue weighted by Gasteiger charge is 2.32. The van der Waals surface area contributed by atoms with E-state index in [0.717, 1.165) is 15.1 Å². The average Bonchev–Trinajstić information content (AvgIpc) is 3.36. The second-order valence-electron chi connectivity index (χ2n) is 9.71. The van der Waals surface area contributed by atoms with Gasteiger partial charge in [0.1, 0.15) is 11.3 Å². The Morgan fingerprint density at radius 3 is 2.03 bits per heavy atom. The molecule has 1 aliphatic heterocycles. The van der Waals surface area contributed by atoms with E-state index < -0.39 is 20.0 Å². The SMILES string of the molecule is Cc1ccc(S(=O)(=O)N2CCC(C(=O)CNc3cnc4c(ccn4S(=O)(=O)c4ccc(C)cc4)n3)CC2)cc1. The number of sulfonamides is 1. The minimum absolute atomic E-state index is 0.0118. The predicted octanol–water partition coefficient (Wildman–Crippen LogP) is 3.37. The Kier molecular flexibility index (Phi) is 7.27. The zero-order valence-corrected chi connectivity index (χ0v) is 23.2. The van der Waals surface area contributed by atoms with Crippen LogP contribution in [0.4, 0.5) is 5.82 Å². The molecule has 0 unspecified atom stereocenters. The number of rotatable bonds is 8. The van der Waals surface area contributed by atoms with Gasteiger partial charge in [-0.2, -0.15) is 4.31 Å². The van der Waals surface area contributed by atoms with Crippen molar-refractivity contribution in [1.82, 2.24) is 18.2 Å². The number of nitrogens with zero attached hydrogens (tertiary/aromatic N) is 4. The first kappa shape index (κ1) is 27.0. The first-order valence-corrected chi connectivity index (χ1v) is 15.4. The van der Waals surface area contributed by atoms with E-state index in [-0.39, 0.29) is 46.8 Å². The minimum atomic E-state index is -3.83. The van der Waals surface area contributed by atoms with Gasteiger partial charge >= 0.3 is 0 Å². The number of carbonyl (C=O) groups excluding carboxylic acids is 1. The Morgan fingerprint density at radius 2 is 1.44 bits per heavy atom. The molecule has 10 nitrogen and oxygen atoms in total. The van der Waals surface area contributed by atoms with Crippen LogP contribution in [0.5, 0.6) is 0 Å². The number of ketones is 1. The molecule has 1 N–H and O–H groups in total. The molecule has 1 saturated heterocycles. The van der Waals surface area contributed by atoms with Gasteiger partial charge in [0.2, 0.25) is 10.0 Å². The molecule has 39 heavy (non-hydrogen) atoms. The number of carbonyl (C=O) groups is 1. The van der Waals surface area contributed by atoms with Crippen molar-refractivity contribution in [1.29, 1.82) is 0 Å². The number of aryl methyl sites for hydroxylation is 2. The van der Waals surface area contributed by atoms with Crippen LogP contribution in [0.2, 0.25) is 0 Å². The topological polar surface area (TPSA) is 131 Å². The van der Waals surface area contributed by atoms with Gasteiger partial charge in [-0.1, -0.05) is 35.4 Å². The number of benzene rings is 2. The van der Waals surface area contributed by atoms with Gasteiger partial charge < -0.3 is 5.32 Å². The summed E-state index contributed by atoms with van der Waals surface area (Å²) in [5, 5.41) is 2.98. The van der Waals surface area contributed by atoms with Crippen molar-refractivity contribution in [2.24, 2.45) is 5.92 Å². The van der Waals surface area contributed by atoms with Gasteiger partial charge in [-0.15, -0.1) is 0 Å². The van der Waals surface area contributed by atoms with Gasteiger partial charge in [-0.05, 0) is 57.0 Å². The molecule has 1 aliphatic rings. The molecule has 2 aromatic heterocycles. The number of aromatic nitrogens is 3. The lowest BCUT2D eigenvalue weighted by Crippen LogP contribution is -2.41. The zero-order chi connectivity index (χ0) is 27.8. The van der Waals surface area contributed by atoms with Crippen LogP contribution in [-0.2, 0) is 24.8 Å². The molecule has 0 bridgehead atoms. The number of anilines is 1. The first-order chi connectivity index (χ1) is 18.6. The molecule has 0 radical (unpaired) electrons. The summed E-state index contributed by atoms with van der Waals surface area (Å²) in [4.78, 5) is 22.0. The molecule has 0 atom stereocenters. The van der Waals surface area contributed by atoms with Crippen molar-refractivity contribution in [3.8, 4) is 0 Å². The summed E-state index contributed by atoms with van der Waals surface area (Å²) < 4.78 is 54.5. The monoisotopic (exact) mass is 567 g/mol. The second kappa shape index (κ2) is 10.5. The van der Waals surface area contributed by atoms with Gasteiger partial charge in [-0.25, -0.2) is 30.8 Å². The molecule has 3 heterocycles. The molecule has 2 aromatic carbocycles. The van der Waals surface area contributed by atoms with E-state index in [1.807, 2.05) is 13.8 Å². The average molecular weight is 568 g/mol. The normalized spacial score (nSPS) is 15.4. The van der Waals surface area contributed by atoms with E-state index >= 15 is 0 Å². The Morgan fingerprint density at radius 1 is 0.872 bits per heavy atom. The summed E-state index contributed by atoms with van der Waals surface area (Å²) in [5.74, 6) is 0.0453. The quantitative estimate of drug-likeness (QED) is 0.343. The van der Waals surface area contributed by atoms with Crippen LogP contribution in [0.3, 0.4) is 0 Å². The molecule has 0 aliphatic carbocycles. The molecule has 0 saturated carbocycles. The Bertz CT molecular complexity index is 1720. The zero-order valence-electron chi connectivity index (χ0n) is 21.6. The Hall–Kier alpha value is -3.61. The van der Waals surface area contributed by atoms with Crippen LogP contribution in [0.15, 0.2) is 76.8 Å². The first-order valence-electron chi connectivity index (χ1n) is 12.6. The van der Waals surface area contributed by atoms with E-state index in [1.54, 1.807) is 54.6 Å². The summed E-state index contributed by atoms with van der Waals surface area (Å²) in [6.45, 7) is 4.35. The summed E-state index contributed by atoms with van der Waals surface area (Å²) in [5.41, 5.74) is 2.50. The van der Waals surface area contributed by atoms with Crippen molar-refractivity contribution in [2.75, 3.05) is 25.0 Å². The molecular formula is C27H29N5O5S2. The molecule has 0 spiro atoms. The van der Waals surface area contributed by atoms with Crippen molar-refractivity contribution < 1.29 is 21.6 Å². The molecule has 5 rings (SSSR count). The standard InChI is InChI=1S/C27H29N5O5S2/c1-19-3-7-22(8-4-19)38(34,35)31-14-11-21(12-15-31)25(33)17-28-26-18-29-27-24(30-26)13-16-32(27)39(36,37)23-9-5-20(2)6-10-23/h3-10,13,16,18,21H,11-12,14-15,17H2,1-2H3,(H,28,30). The van der Waals surface area contributed by atoms with E-state index in [0.29, 0.717) is 24.2 Å². The summed E-state index contributed by atoms with van der Waals surface area (Å²) in [6, 6.07) is 14.9. The third-order valence-corrected chi connectivity index (χ3v) is 10.5. The molecule has 1 fully saturated rings. The van der Waals surface area contributed by atoms with Crippen molar-refractivity contribution in [3.05, 3.63) is 78.1 Å². The largest absolute Gasteiger partial charge is 0.362 e. The second-order valence-corrected chi connectivity index (χ2v) is 13.5. The highest BCUT2D eigenvalue weighted by Crippen LogP contribution is 2.25. The lowest BCUT2D eigenvalue weighted by molar-refractivity contribution is -0.122. The maximum absolute atomic E-state index is 13.1. The Labute approximate surface area is 227 Å². The lowest BCUT2D eigenvalue weighted by atomic mass is 9.93. The van der Waals surface area contributed by atoms with Gasteiger partial charge in [0.25, 0.3) is 10.0 Å². The van der Waals surface area contributed by atoms with Crippen molar-refractivity contribution >= 4 is 42.8 Å². The fourth-order valence-electron chi connectivity index (χ4n) is 4.59. The maximum atomic E-state index is 13.1. The summed E-state index contributed by atoms with van der Waals surface area (Å²) in [7, 11) is -7.42. The van der Waals surface area contributed by atoms with E-state index in [9.17, 15) is 21.6 Å². The van der Waals surface area contributed by atoms with Crippen molar-refractivity contribution in [2.45, 2.75) is 36.5 Å². The van der Waals surface area contributed by atoms with Crippen LogP contribution in [0, 0.1) is 19.8 Å². The molecule has 12 heteroatoms. The van der Waals surface area contributed by atoms with Crippen LogP contribution in [0.25, 0.3) is 11.2 Å². The summed E-state index contributed by atoms with van der Waals surface area (Å²) in [6.07, 6.45) is 3.69. The number of fused-ring (bicyclic) bond motifs is 1. The van der Waals surface area contributed by atoms with Crippen LogP contribution >= 0.6 is 0 Å². The van der Waals surface area contributed by atoms with Crippen LogP contribution in [-0.4, -0.2) is 60.5 Å². The molecule has 0 amide bonds. The number of nitrogens with one attached hydrogen (secondary N) is 1. The van der Waals surface area contributed by atoms with Gasteiger partial charge in [-0.3, -0.25) is 4.79 Å². The Balaban J connectivity index is 1.20. The fourth-order valence-corrected chi connectivity index (χ4v) is 7.36. The van der Waals surface area contributed by atoms with Gasteiger partial charge in [0.05, 0.1) is 22.5 Å². The van der Waals surface area contributed by atoms with Gasteiger partial charge in [0, 0.05) is 25.2 Å². The highest BCUT2D eigenvalue weighted by atomic mass is 32.2. The minimum Gasteiger partial charge on any atom is -0.362 e. The predicted molar refractivity (Wildman–Crippen MR) is 147 cm³/mol. The molecule has 204 valence electrons. The van der Waals surface area contributed by atoms with Crippen molar-refractivity contribution in [3.63, 3.8) is 0 Å². The highest BCUT2D eigenvalue weighted by molar-refractivity contribution is 7.90. The number of hydrogen-bond donors (Lipinski definition) is 1. The molecular weight excluding hydrogens is 538 g/mol. The number of piperidine rings is 1. The number of Topliss-reactive ketones (excluding diaryl/α,β-unsaturated/α-hetero) is 1. The third kappa shape index (κ3) is 5.45. The van der Waals surface area contributed by atoms with Crippen LogP contribution in [0.1, 0.15) is 24.0 Å².